The van der Waals surface area contributed by atoms with Crippen molar-refractivity contribution in [1.82, 2.24) is 0 Å². The highest BCUT2D eigenvalue weighted by Gasteiger charge is 2.24. The van der Waals surface area contributed by atoms with Gasteiger partial charge in [0.2, 0.25) is 0 Å². The molecular weight excluding hydrogens is 286 g/mol. The number of fused-ring (bicyclic) bond motifs is 1. The third-order valence-corrected chi connectivity index (χ3v) is 5.00. The van der Waals surface area contributed by atoms with E-state index < -0.39 is 9.84 Å². The molecule has 0 radical (unpaired) electrons. The molecule has 0 aromatic heterocycles. The van der Waals surface area contributed by atoms with E-state index in [4.69, 9.17) is 0 Å². The Morgan fingerprint density at radius 2 is 1.86 bits per heavy atom. The van der Waals surface area contributed by atoms with Crippen LogP contribution < -0.4 is 5.32 Å². The van der Waals surface area contributed by atoms with Gasteiger partial charge < -0.3 is 10.4 Å². The van der Waals surface area contributed by atoms with E-state index in [1.54, 1.807) is 30.3 Å². The molecule has 0 aliphatic heterocycles. The van der Waals surface area contributed by atoms with Crippen molar-refractivity contribution in [3.05, 3.63) is 53.6 Å². The minimum absolute atomic E-state index is 0.149. The zero-order valence-electron chi connectivity index (χ0n) is 11.7. The molecule has 2 N–H and O–H groups in total. The molecule has 4 nitrogen and oxygen atoms in total. The van der Waals surface area contributed by atoms with Gasteiger partial charge in [-0.05, 0) is 54.3 Å². The molecule has 5 heteroatoms. The SMILES string of the molecule is CS(=O)(=O)c1ccc(NC2CCc3c(O)cccc32)cc1. The van der Waals surface area contributed by atoms with E-state index in [1.807, 2.05) is 12.1 Å². The van der Waals surface area contributed by atoms with Crippen LogP contribution in [0.1, 0.15) is 23.6 Å². The number of anilines is 1. The van der Waals surface area contributed by atoms with Crippen LogP contribution in [-0.2, 0) is 16.3 Å². The Morgan fingerprint density at radius 1 is 1.14 bits per heavy atom. The number of rotatable bonds is 3. The summed E-state index contributed by atoms with van der Waals surface area (Å²) in [5.41, 5.74) is 2.99. The zero-order chi connectivity index (χ0) is 15.0. The van der Waals surface area contributed by atoms with Crippen LogP contribution >= 0.6 is 0 Å². The second-order valence-electron chi connectivity index (χ2n) is 5.38. The summed E-state index contributed by atoms with van der Waals surface area (Å²) < 4.78 is 22.9. The summed E-state index contributed by atoms with van der Waals surface area (Å²) in [6, 6.07) is 12.5. The van der Waals surface area contributed by atoms with E-state index in [2.05, 4.69) is 5.32 Å². The highest BCUT2D eigenvalue weighted by Crippen LogP contribution is 2.38. The summed E-state index contributed by atoms with van der Waals surface area (Å²) >= 11 is 0. The number of phenolic OH excluding ortho intramolecular Hbond substituents is 1. The molecule has 110 valence electrons. The minimum Gasteiger partial charge on any atom is -0.508 e. The minimum atomic E-state index is -3.16. The van der Waals surface area contributed by atoms with Gasteiger partial charge in [0.15, 0.2) is 9.84 Å². The molecule has 0 saturated heterocycles. The number of sulfone groups is 1. The Labute approximate surface area is 124 Å². The monoisotopic (exact) mass is 303 g/mol. The van der Waals surface area contributed by atoms with Crippen molar-refractivity contribution in [2.75, 3.05) is 11.6 Å². The lowest BCUT2D eigenvalue weighted by Crippen LogP contribution is -2.07. The summed E-state index contributed by atoms with van der Waals surface area (Å²) in [5, 5.41) is 13.2. The largest absolute Gasteiger partial charge is 0.508 e. The Morgan fingerprint density at radius 3 is 2.52 bits per heavy atom. The van der Waals surface area contributed by atoms with Crippen LogP contribution in [0.15, 0.2) is 47.4 Å². The number of aromatic hydroxyl groups is 1. The van der Waals surface area contributed by atoms with Crippen molar-refractivity contribution in [1.29, 1.82) is 0 Å². The molecule has 1 unspecified atom stereocenters. The zero-order valence-corrected chi connectivity index (χ0v) is 12.5. The molecule has 1 aliphatic rings. The van der Waals surface area contributed by atoms with Crippen molar-refractivity contribution in [3.8, 4) is 5.75 Å². The molecule has 2 aromatic rings. The molecule has 0 saturated carbocycles. The van der Waals surface area contributed by atoms with Gasteiger partial charge in [-0.2, -0.15) is 0 Å². The number of benzene rings is 2. The molecule has 1 aliphatic carbocycles. The summed E-state index contributed by atoms with van der Waals surface area (Å²) in [7, 11) is -3.16. The van der Waals surface area contributed by atoms with Crippen molar-refractivity contribution < 1.29 is 13.5 Å². The van der Waals surface area contributed by atoms with Crippen LogP contribution in [0.5, 0.6) is 5.75 Å². The third kappa shape index (κ3) is 2.74. The Kier molecular flexibility index (Phi) is 3.37. The predicted molar refractivity (Wildman–Crippen MR) is 82.3 cm³/mol. The smallest absolute Gasteiger partial charge is 0.175 e. The molecule has 0 bridgehead atoms. The third-order valence-electron chi connectivity index (χ3n) is 3.87. The lowest BCUT2D eigenvalue weighted by Gasteiger charge is -2.16. The van der Waals surface area contributed by atoms with E-state index in [1.165, 1.54) is 6.26 Å². The van der Waals surface area contributed by atoms with Crippen LogP contribution in [0.4, 0.5) is 5.69 Å². The highest BCUT2D eigenvalue weighted by molar-refractivity contribution is 7.90. The quantitative estimate of drug-likeness (QED) is 0.915. The Hall–Kier alpha value is -2.01. The fraction of sp³-hybridized carbons (Fsp3) is 0.250. The van der Waals surface area contributed by atoms with Gasteiger partial charge in [0, 0.05) is 11.9 Å². The normalized spacial score (nSPS) is 17.5. The van der Waals surface area contributed by atoms with Gasteiger partial charge >= 0.3 is 0 Å². The van der Waals surface area contributed by atoms with Gasteiger partial charge in [0.25, 0.3) is 0 Å². The highest BCUT2D eigenvalue weighted by atomic mass is 32.2. The number of nitrogens with one attached hydrogen (secondary N) is 1. The number of phenols is 1. The van der Waals surface area contributed by atoms with E-state index in [0.717, 1.165) is 29.7 Å². The number of hydrogen-bond donors (Lipinski definition) is 2. The second kappa shape index (κ2) is 5.07. The van der Waals surface area contributed by atoms with E-state index in [-0.39, 0.29) is 6.04 Å². The van der Waals surface area contributed by atoms with Crippen molar-refractivity contribution >= 4 is 15.5 Å². The summed E-state index contributed by atoms with van der Waals surface area (Å²) in [6.07, 6.45) is 2.97. The van der Waals surface area contributed by atoms with Crippen molar-refractivity contribution in [3.63, 3.8) is 0 Å². The molecular formula is C16H17NO3S. The van der Waals surface area contributed by atoms with Gasteiger partial charge in [-0.3, -0.25) is 0 Å². The molecule has 3 rings (SSSR count). The molecule has 21 heavy (non-hydrogen) atoms. The Balaban J connectivity index is 1.82. The summed E-state index contributed by atoms with van der Waals surface area (Å²) in [4.78, 5) is 0.317. The maximum atomic E-state index is 11.4. The lowest BCUT2D eigenvalue weighted by molar-refractivity contribution is 0.469. The van der Waals surface area contributed by atoms with Crippen molar-refractivity contribution in [2.45, 2.75) is 23.8 Å². The van der Waals surface area contributed by atoms with Gasteiger partial charge in [0.05, 0.1) is 10.9 Å². The lowest BCUT2D eigenvalue weighted by atomic mass is 10.1. The molecule has 0 spiro atoms. The Bertz CT molecular complexity index is 767. The summed E-state index contributed by atoms with van der Waals surface area (Å²) in [6.45, 7) is 0. The van der Waals surface area contributed by atoms with Crippen LogP contribution in [0.2, 0.25) is 0 Å². The van der Waals surface area contributed by atoms with Crippen LogP contribution in [-0.4, -0.2) is 19.8 Å². The first-order valence-corrected chi connectivity index (χ1v) is 8.72. The molecule has 0 fully saturated rings. The van der Waals surface area contributed by atoms with Gasteiger partial charge in [-0.15, -0.1) is 0 Å². The second-order valence-corrected chi connectivity index (χ2v) is 7.39. The average Bonchev–Trinajstić information content (AvgIpc) is 2.83. The van der Waals surface area contributed by atoms with Gasteiger partial charge in [0.1, 0.15) is 5.75 Å². The number of hydrogen-bond acceptors (Lipinski definition) is 4. The average molecular weight is 303 g/mol. The molecule has 1 atom stereocenters. The summed E-state index contributed by atoms with van der Waals surface area (Å²) in [5.74, 6) is 0.351. The van der Waals surface area contributed by atoms with Crippen LogP contribution in [0.3, 0.4) is 0 Å². The first-order chi connectivity index (χ1) is 9.95. The van der Waals surface area contributed by atoms with Gasteiger partial charge in [-0.1, -0.05) is 12.1 Å². The van der Waals surface area contributed by atoms with Crippen LogP contribution in [0.25, 0.3) is 0 Å². The van der Waals surface area contributed by atoms with E-state index in [9.17, 15) is 13.5 Å². The first kappa shape index (κ1) is 13.9. The fourth-order valence-corrected chi connectivity index (χ4v) is 3.41. The van der Waals surface area contributed by atoms with Gasteiger partial charge in [-0.25, -0.2) is 8.42 Å². The van der Waals surface area contributed by atoms with E-state index in [0.29, 0.717) is 10.6 Å². The first-order valence-electron chi connectivity index (χ1n) is 6.82. The maximum Gasteiger partial charge on any atom is 0.175 e. The molecule has 0 heterocycles. The molecule has 2 aromatic carbocycles. The predicted octanol–water partition coefficient (Wildman–Crippen LogP) is 2.90. The van der Waals surface area contributed by atoms with Crippen LogP contribution in [0, 0.1) is 0 Å². The fourth-order valence-electron chi connectivity index (χ4n) is 2.78. The van der Waals surface area contributed by atoms with E-state index >= 15 is 0 Å². The van der Waals surface area contributed by atoms with Crippen molar-refractivity contribution in [2.24, 2.45) is 0 Å². The maximum absolute atomic E-state index is 11.4. The molecule has 0 amide bonds. The topological polar surface area (TPSA) is 66.4 Å². The standard InChI is InChI=1S/C16H17NO3S/c1-21(19,20)12-7-5-11(6-8-12)17-15-10-9-14-13(15)3-2-4-16(14)18/h2-8,15,17-18H,9-10H2,1H3.